The minimum Gasteiger partial charge on any atom is -0.377 e. The van der Waals surface area contributed by atoms with Crippen LogP contribution in [0.1, 0.15) is 32.1 Å². The third-order valence-corrected chi connectivity index (χ3v) is 4.41. The highest BCUT2D eigenvalue weighted by Gasteiger charge is 2.28. The Balaban J connectivity index is 1.86. The Kier molecular flexibility index (Phi) is 4.65. The third-order valence-electron chi connectivity index (χ3n) is 3.66. The van der Waals surface area contributed by atoms with Crippen molar-refractivity contribution in [2.24, 2.45) is 5.92 Å². The van der Waals surface area contributed by atoms with E-state index in [2.05, 4.69) is 15.9 Å². The van der Waals surface area contributed by atoms with Crippen LogP contribution in [0.15, 0.2) is 0 Å². The molecule has 0 aromatic rings. The van der Waals surface area contributed by atoms with E-state index in [-0.39, 0.29) is 6.04 Å². The summed E-state index contributed by atoms with van der Waals surface area (Å²) in [5, 5.41) is 0.823. The van der Waals surface area contributed by atoms with Gasteiger partial charge in [-0.2, -0.15) is 0 Å². The molecule has 1 atom stereocenters. The van der Waals surface area contributed by atoms with Crippen molar-refractivity contribution in [3.63, 3.8) is 0 Å². The predicted octanol–water partition coefficient (Wildman–Crippen LogP) is 2.19. The van der Waals surface area contributed by atoms with Crippen LogP contribution in [-0.2, 0) is 9.53 Å². The van der Waals surface area contributed by atoms with Crippen LogP contribution in [0.2, 0.25) is 0 Å². The van der Waals surface area contributed by atoms with E-state index in [0.29, 0.717) is 25.0 Å². The summed E-state index contributed by atoms with van der Waals surface area (Å²) in [5.74, 6) is 0.978. The first-order chi connectivity index (χ1) is 7.81. The average Bonchev–Trinajstić information content (AvgIpc) is 2.81. The fraction of sp³-hybridized carbons (Fsp3) is 0.917. The molecule has 0 radical (unpaired) electrons. The molecule has 0 aromatic carbocycles. The van der Waals surface area contributed by atoms with Crippen LogP contribution >= 0.6 is 15.9 Å². The molecule has 92 valence electrons. The number of carbonyl (C=O) groups excluding carboxylic acids is 1. The number of hydrogen-bond acceptors (Lipinski definition) is 2. The molecule has 3 nitrogen and oxygen atoms in total. The molecule has 2 rings (SSSR count). The van der Waals surface area contributed by atoms with E-state index in [9.17, 15) is 4.79 Å². The smallest absolute Gasteiger partial charge is 0.223 e. The summed E-state index contributed by atoms with van der Waals surface area (Å²) in [5.41, 5.74) is 0. The van der Waals surface area contributed by atoms with Gasteiger partial charge >= 0.3 is 0 Å². The van der Waals surface area contributed by atoms with E-state index in [4.69, 9.17) is 4.74 Å². The van der Waals surface area contributed by atoms with E-state index in [1.54, 1.807) is 0 Å². The summed E-state index contributed by atoms with van der Waals surface area (Å²) in [6.07, 6.45) is 5.86. The van der Waals surface area contributed by atoms with Crippen LogP contribution in [0.5, 0.6) is 0 Å². The van der Waals surface area contributed by atoms with Gasteiger partial charge in [0.05, 0.1) is 19.3 Å². The first kappa shape index (κ1) is 12.4. The first-order valence-electron chi connectivity index (χ1n) is 6.24. The molecule has 0 spiro atoms. The van der Waals surface area contributed by atoms with Gasteiger partial charge in [-0.25, -0.2) is 0 Å². The Morgan fingerprint density at radius 1 is 1.38 bits per heavy atom. The van der Waals surface area contributed by atoms with Crippen LogP contribution in [0.25, 0.3) is 0 Å². The number of ether oxygens (including phenoxy) is 1. The van der Waals surface area contributed by atoms with Crippen LogP contribution in [-0.4, -0.2) is 41.9 Å². The molecule has 2 aliphatic rings. The zero-order valence-electron chi connectivity index (χ0n) is 9.66. The molecule has 16 heavy (non-hydrogen) atoms. The quantitative estimate of drug-likeness (QED) is 0.746. The van der Waals surface area contributed by atoms with Crippen molar-refractivity contribution in [3.05, 3.63) is 0 Å². The molecule has 1 aliphatic carbocycles. The number of rotatable bonds is 3. The van der Waals surface area contributed by atoms with Gasteiger partial charge in [-0.1, -0.05) is 28.8 Å². The van der Waals surface area contributed by atoms with Crippen molar-refractivity contribution in [2.45, 2.75) is 38.1 Å². The van der Waals surface area contributed by atoms with Crippen molar-refractivity contribution in [1.29, 1.82) is 0 Å². The van der Waals surface area contributed by atoms with Crippen LogP contribution in [0, 0.1) is 5.92 Å². The maximum absolute atomic E-state index is 12.2. The van der Waals surface area contributed by atoms with Crippen LogP contribution in [0.4, 0.5) is 0 Å². The molecule has 1 aliphatic heterocycles. The summed E-state index contributed by atoms with van der Waals surface area (Å²) >= 11 is 3.46. The zero-order chi connectivity index (χ0) is 11.4. The fourth-order valence-corrected chi connectivity index (χ4v) is 3.23. The van der Waals surface area contributed by atoms with Gasteiger partial charge in [-0.15, -0.1) is 0 Å². The van der Waals surface area contributed by atoms with Crippen LogP contribution < -0.4 is 0 Å². The van der Waals surface area contributed by atoms with Gasteiger partial charge in [0.25, 0.3) is 0 Å². The van der Waals surface area contributed by atoms with Gasteiger partial charge in [-0.3, -0.25) is 4.79 Å². The van der Waals surface area contributed by atoms with Gasteiger partial charge in [0, 0.05) is 18.3 Å². The number of halogens is 1. The molecule has 2 fully saturated rings. The normalized spacial score (nSPS) is 27.3. The van der Waals surface area contributed by atoms with Gasteiger partial charge < -0.3 is 9.64 Å². The molecule has 1 amide bonds. The minimum absolute atomic E-state index is 0.239. The molecule has 1 saturated heterocycles. The lowest BCUT2D eigenvalue weighted by Gasteiger charge is -2.35. The highest BCUT2D eigenvalue weighted by Crippen LogP contribution is 2.28. The fourth-order valence-electron chi connectivity index (χ4n) is 2.69. The number of hydrogen-bond donors (Lipinski definition) is 0. The summed E-state index contributed by atoms with van der Waals surface area (Å²) in [6.45, 7) is 2.14. The number of nitrogens with zero attached hydrogens (tertiary/aromatic N) is 1. The second-order valence-electron chi connectivity index (χ2n) is 4.82. The Hall–Kier alpha value is -0.0900. The lowest BCUT2D eigenvalue weighted by atomic mass is 10.0. The molecule has 4 heteroatoms. The highest BCUT2D eigenvalue weighted by atomic mass is 79.9. The number of morpholine rings is 1. The number of alkyl halides is 1. The van der Waals surface area contributed by atoms with E-state index in [1.165, 1.54) is 25.7 Å². The summed E-state index contributed by atoms with van der Waals surface area (Å²) in [7, 11) is 0. The average molecular weight is 290 g/mol. The van der Waals surface area contributed by atoms with Gasteiger partial charge in [0.1, 0.15) is 0 Å². The standard InChI is InChI=1S/C12H20BrNO2/c13-8-11-9-16-6-5-14(11)12(15)7-10-3-1-2-4-10/h10-11H,1-9H2. The van der Waals surface area contributed by atoms with Crippen molar-refractivity contribution >= 4 is 21.8 Å². The molecule has 0 bridgehead atoms. The molecule has 0 N–H and O–H groups in total. The first-order valence-corrected chi connectivity index (χ1v) is 7.36. The van der Waals surface area contributed by atoms with Crippen molar-refractivity contribution < 1.29 is 9.53 Å². The largest absolute Gasteiger partial charge is 0.377 e. The van der Waals surface area contributed by atoms with E-state index < -0.39 is 0 Å². The van der Waals surface area contributed by atoms with Gasteiger partial charge in [0.15, 0.2) is 0 Å². The molecule has 1 unspecified atom stereocenters. The Labute approximate surface area is 106 Å². The molecule has 1 saturated carbocycles. The van der Waals surface area contributed by atoms with E-state index >= 15 is 0 Å². The Morgan fingerprint density at radius 2 is 2.12 bits per heavy atom. The lowest BCUT2D eigenvalue weighted by molar-refractivity contribution is -0.139. The minimum atomic E-state index is 0.239. The van der Waals surface area contributed by atoms with Gasteiger partial charge in [-0.05, 0) is 18.8 Å². The molecule has 0 aromatic heterocycles. The van der Waals surface area contributed by atoms with E-state index in [0.717, 1.165) is 18.3 Å². The summed E-state index contributed by atoms with van der Waals surface area (Å²) in [4.78, 5) is 14.2. The highest BCUT2D eigenvalue weighted by molar-refractivity contribution is 9.09. The summed E-state index contributed by atoms with van der Waals surface area (Å²) in [6, 6.07) is 0.239. The van der Waals surface area contributed by atoms with E-state index in [1.807, 2.05) is 4.90 Å². The third kappa shape index (κ3) is 2.98. The Bertz CT molecular complexity index is 241. The summed E-state index contributed by atoms with van der Waals surface area (Å²) < 4.78 is 5.40. The lowest BCUT2D eigenvalue weighted by Crippen LogP contribution is -2.49. The second-order valence-corrected chi connectivity index (χ2v) is 5.47. The second kappa shape index (κ2) is 6.01. The van der Waals surface area contributed by atoms with Gasteiger partial charge in [0.2, 0.25) is 5.91 Å². The zero-order valence-corrected chi connectivity index (χ0v) is 11.2. The number of carbonyl (C=O) groups is 1. The van der Waals surface area contributed by atoms with Crippen molar-refractivity contribution in [3.8, 4) is 0 Å². The SMILES string of the molecule is O=C(CC1CCCC1)N1CCOCC1CBr. The van der Waals surface area contributed by atoms with Crippen molar-refractivity contribution in [2.75, 3.05) is 25.1 Å². The maximum atomic E-state index is 12.2. The molecular weight excluding hydrogens is 270 g/mol. The Morgan fingerprint density at radius 3 is 2.81 bits per heavy atom. The molecular formula is C12H20BrNO2. The predicted molar refractivity (Wildman–Crippen MR) is 66.7 cm³/mol. The monoisotopic (exact) mass is 289 g/mol. The molecule has 1 heterocycles. The number of amides is 1. The van der Waals surface area contributed by atoms with Crippen LogP contribution in [0.3, 0.4) is 0 Å². The topological polar surface area (TPSA) is 29.5 Å². The van der Waals surface area contributed by atoms with Crippen molar-refractivity contribution in [1.82, 2.24) is 4.90 Å². The maximum Gasteiger partial charge on any atom is 0.223 e.